The average molecular weight is 463 g/mol. The van der Waals surface area contributed by atoms with E-state index in [1.807, 2.05) is 24.3 Å². The van der Waals surface area contributed by atoms with Crippen molar-refractivity contribution in [1.82, 2.24) is 25.2 Å². The van der Waals surface area contributed by atoms with Crippen LogP contribution < -0.4 is 5.32 Å². The number of hydrogen-bond donors (Lipinski definition) is 1. The van der Waals surface area contributed by atoms with Crippen molar-refractivity contribution in [3.63, 3.8) is 0 Å². The average Bonchev–Trinajstić information content (AvgIpc) is 3.66. The second kappa shape index (κ2) is 9.92. The summed E-state index contributed by atoms with van der Waals surface area (Å²) in [4.78, 5) is 28.6. The Bertz CT molecular complexity index is 1230. The lowest BCUT2D eigenvalue weighted by atomic mass is 10.1. The summed E-state index contributed by atoms with van der Waals surface area (Å²) < 4.78 is 18.3. The molecular formula is C24H25N5O5. The highest BCUT2D eigenvalue weighted by molar-refractivity contribution is 5.88. The first kappa shape index (κ1) is 21.9. The van der Waals surface area contributed by atoms with Crippen LogP contribution in [0.2, 0.25) is 0 Å². The Kier molecular flexibility index (Phi) is 6.39. The summed E-state index contributed by atoms with van der Waals surface area (Å²) in [6.45, 7) is 1.01. The third kappa shape index (κ3) is 4.72. The minimum absolute atomic E-state index is 0.0735. The fourth-order valence-corrected chi connectivity index (χ4v) is 4.17. The predicted octanol–water partition coefficient (Wildman–Crippen LogP) is 2.68. The van der Waals surface area contributed by atoms with E-state index < -0.39 is 6.04 Å². The molecule has 3 aromatic heterocycles. The highest BCUT2D eigenvalue weighted by atomic mass is 16.5. The molecule has 1 aromatic carbocycles. The molecule has 4 aromatic rings. The third-order valence-electron chi connectivity index (χ3n) is 5.84. The Morgan fingerprint density at radius 3 is 2.74 bits per heavy atom. The van der Waals surface area contributed by atoms with Crippen molar-refractivity contribution in [2.45, 2.75) is 38.1 Å². The van der Waals surface area contributed by atoms with Crippen molar-refractivity contribution in [3.8, 4) is 0 Å². The van der Waals surface area contributed by atoms with E-state index in [1.165, 1.54) is 11.2 Å². The third-order valence-corrected chi connectivity index (χ3v) is 5.84. The van der Waals surface area contributed by atoms with Crippen LogP contribution in [-0.4, -0.2) is 51.0 Å². The van der Waals surface area contributed by atoms with E-state index in [0.29, 0.717) is 23.6 Å². The number of nitrogens with zero attached hydrogens (tertiary/aromatic N) is 4. The molecule has 0 radical (unpaired) electrons. The molecule has 5 rings (SSSR count). The molecular weight excluding hydrogens is 438 g/mol. The van der Waals surface area contributed by atoms with Gasteiger partial charge in [0, 0.05) is 13.2 Å². The maximum absolute atomic E-state index is 13.7. The number of rotatable bonds is 9. The van der Waals surface area contributed by atoms with E-state index >= 15 is 0 Å². The molecule has 2 amide bonds. The zero-order valence-electron chi connectivity index (χ0n) is 18.5. The summed E-state index contributed by atoms with van der Waals surface area (Å²) in [5.41, 5.74) is 1.43. The van der Waals surface area contributed by atoms with E-state index in [9.17, 15) is 9.59 Å². The van der Waals surface area contributed by atoms with Crippen LogP contribution >= 0.6 is 0 Å². The van der Waals surface area contributed by atoms with Crippen LogP contribution in [0, 0.1) is 0 Å². The zero-order valence-corrected chi connectivity index (χ0v) is 18.5. The van der Waals surface area contributed by atoms with Gasteiger partial charge in [0.2, 0.25) is 5.91 Å². The molecule has 10 nitrogen and oxygen atoms in total. The molecule has 1 N–H and O–H groups in total. The van der Waals surface area contributed by atoms with Gasteiger partial charge in [-0.2, -0.15) is 0 Å². The number of furan rings is 2. The van der Waals surface area contributed by atoms with Gasteiger partial charge in [-0.25, -0.2) is 4.68 Å². The molecule has 0 bridgehead atoms. The van der Waals surface area contributed by atoms with Gasteiger partial charge in [0.15, 0.2) is 6.04 Å². The number of carbonyl (C=O) groups is 2. The van der Waals surface area contributed by atoms with Gasteiger partial charge in [-0.1, -0.05) is 17.3 Å². The number of hydrogen-bond acceptors (Lipinski definition) is 7. The van der Waals surface area contributed by atoms with Crippen molar-refractivity contribution in [2.75, 3.05) is 13.2 Å². The van der Waals surface area contributed by atoms with Crippen LogP contribution in [0.25, 0.3) is 11.0 Å². The van der Waals surface area contributed by atoms with Gasteiger partial charge in [0.25, 0.3) is 5.91 Å². The number of amides is 2. The fraction of sp³-hybridized carbons (Fsp3) is 0.333. The smallest absolute Gasteiger partial charge is 0.251 e. The van der Waals surface area contributed by atoms with Crippen molar-refractivity contribution in [3.05, 3.63) is 72.6 Å². The van der Waals surface area contributed by atoms with Gasteiger partial charge in [-0.15, -0.1) is 5.10 Å². The molecule has 0 spiro atoms. The number of ether oxygens (including phenoxy) is 1. The normalized spacial score (nSPS) is 16.5. The van der Waals surface area contributed by atoms with Crippen LogP contribution in [0.3, 0.4) is 0 Å². The number of fused-ring (bicyclic) bond motifs is 1. The first-order valence-corrected chi connectivity index (χ1v) is 11.2. The Balaban J connectivity index is 1.43. The summed E-state index contributed by atoms with van der Waals surface area (Å²) in [6, 6.07) is 13.4. The first-order valence-electron chi connectivity index (χ1n) is 11.2. The summed E-state index contributed by atoms with van der Waals surface area (Å²) in [6.07, 6.45) is 4.60. The Morgan fingerprint density at radius 2 is 1.97 bits per heavy atom. The predicted molar refractivity (Wildman–Crippen MR) is 120 cm³/mol. The Morgan fingerprint density at radius 1 is 1.12 bits per heavy atom. The molecule has 2 atom stereocenters. The van der Waals surface area contributed by atoms with Crippen molar-refractivity contribution < 1.29 is 23.2 Å². The SMILES string of the molecule is O=C(NCc1ccco1)[C@@H](c1ccco1)N(C[C@H]1CCCO1)C(=O)Cn1nnc2ccccc21. The minimum atomic E-state index is -0.976. The highest BCUT2D eigenvalue weighted by Crippen LogP contribution is 2.26. The van der Waals surface area contributed by atoms with Gasteiger partial charge in [-0.05, 0) is 49.2 Å². The fourth-order valence-electron chi connectivity index (χ4n) is 4.17. The first-order chi connectivity index (χ1) is 16.7. The van der Waals surface area contributed by atoms with Gasteiger partial charge >= 0.3 is 0 Å². The maximum Gasteiger partial charge on any atom is 0.251 e. The van der Waals surface area contributed by atoms with Crippen molar-refractivity contribution in [2.24, 2.45) is 0 Å². The largest absolute Gasteiger partial charge is 0.467 e. The van der Waals surface area contributed by atoms with Crippen LogP contribution in [0.15, 0.2) is 69.9 Å². The maximum atomic E-state index is 13.7. The van der Waals surface area contributed by atoms with Crippen molar-refractivity contribution in [1.29, 1.82) is 0 Å². The molecule has 1 aliphatic heterocycles. The second-order valence-electron chi connectivity index (χ2n) is 8.13. The van der Waals surface area contributed by atoms with Gasteiger partial charge in [0.1, 0.15) is 23.6 Å². The summed E-state index contributed by atoms with van der Waals surface area (Å²) in [5.74, 6) is 0.311. The van der Waals surface area contributed by atoms with E-state index in [-0.39, 0.29) is 37.6 Å². The molecule has 1 saturated heterocycles. The molecule has 176 valence electrons. The van der Waals surface area contributed by atoms with Gasteiger partial charge in [0.05, 0.1) is 30.7 Å². The van der Waals surface area contributed by atoms with Crippen LogP contribution in [0.4, 0.5) is 0 Å². The highest BCUT2D eigenvalue weighted by Gasteiger charge is 2.36. The summed E-state index contributed by atoms with van der Waals surface area (Å²) >= 11 is 0. The standard InChI is InChI=1S/C24H25N5O5/c30-22(16-29-20-9-2-1-8-19(20)26-27-29)28(15-18-7-4-12-33-18)23(21-10-5-13-34-21)24(31)25-14-17-6-3-11-32-17/h1-3,5-6,8-11,13,18,23H,4,7,12,14-16H2,(H,25,31)/t18-,23-/m1/s1. The van der Waals surface area contributed by atoms with Gasteiger partial charge in [-0.3, -0.25) is 9.59 Å². The topological polar surface area (TPSA) is 116 Å². The zero-order chi connectivity index (χ0) is 23.3. The quantitative estimate of drug-likeness (QED) is 0.406. The van der Waals surface area contributed by atoms with Gasteiger partial charge < -0.3 is 23.8 Å². The second-order valence-corrected chi connectivity index (χ2v) is 8.13. The number of para-hydroxylation sites is 1. The van der Waals surface area contributed by atoms with Crippen LogP contribution in [-0.2, 0) is 27.4 Å². The monoisotopic (exact) mass is 463 g/mol. The molecule has 1 aliphatic rings. The Labute approximate surface area is 195 Å². The van der Waals surface area contributed by atoms with E-state index in [2.05, 4.69) is 15.6 Å². The molecule has 4 heterocycles. The number of carbonyl (C=O) groups excluding carboxylic acids is 2. The molecule has 0 aliphatic carbocycles. The molecule has 1 fully saturated rings. The van der Waals surface area contributed by atoms with Crippen LogP contribution in [0.1, 0.15) is 30.4 Å². The number of nitrogens with one attached hydrogen (secondary N) is 1. The summed E-state index contributed by atoms with van der Waals surface area (Å²) in [7, 11) is 0. The van der Waals surface area contributed by atoms with Crippen molar-refractivity contribution >= 4 is 22.8 Å². The molecule has 0 saturated carbocycles. The van der Waals surface area contributed by atoms with Crippen LogP contribution in [0.5, 0.6) is 0 Å². The summed E-state index contributed by atoms with van der Waals surface area (Å²) in [5, 5.41) is 11.1. The number of benzene rings is 1. The molecule has 10 heteroatoms. The van der Waals surface area contributed by atoms with E-state index in [0.717, 1.165) is 18.4 Å². The number of aromatic nitrogens is 3. The lowest BCUT2D eigenvalue weighted by Gasteiger charge is -2.31. The van der Waals surface area contributed by atoms with E-state index in [4.69, 9.17) is 13.6 Å². The Hall–Kier alpha value is -3.92. The molecule has 34 heavy (non-hydrogen) atoms. The van der Waals surface area contributed by atoms with E-state index in [1.54, 1.807) is 35.2 Å². The molecule has 0 unspecified atom stereocenters. The minimum Gasteiger partial charge on any atom is -0.467 e. The lowest BCUT2D eigenvalue weighted by molar-refractivity contribution is -0.144. The lowest BCUT2D eigenvalue weighted by Crippen LogP contribution is -2.47.